The van der Waals surface area contributed by atoms with Gasteiger partial charge < -0.3 is 4.74 Å². The number of halogens is 4. The van der Waals surface area contributed by atoms with Crippen molar-refractivity contribution in [3.8, 4) is 0 Å². The van der Waals surface area contributed by atoms with Crippen LogP contribution in [-0.4, -0.2) is 24.7 Å². The van der Waals surface area contributed by atoms with E-state index in [4.69, 9.17) is 0 Å². The molecule has 6 heteroatoms. The molecule has 0 aliphatic rings. The third-order valence-electron chi connectivity index (χ3n) is 2.09. The number of carbonyl (C=O) groups is 1. The first kappa shape index (κ1) is 14.2. The van der Waals surface area contributed by atoms with Crippen LogP contribution in [0.1, 0.15) is 17.3 Å². The van der Waals surface area contributed by atoms with E-state index in [1.807, 2.05) is 0 Å². The second kappa shape index (κ2) is 5.64. The molecule has 0 spiro atoms. The Morgan fingerprint density at radius 1 is 1.35 bits per heavy atom. The van der Waals surface area contributed by atoms with Gasteiger partial charge in [0.05, 0.1) is 0 Å². The Morgan fingerprint density at radius 2 is 1.88 bits per heavy atom. The van der Waals surface area contributed by atoms with Crippen molar-refractivity contribution in [1.82, 2.24) is 0 Å². The highest BCUT2D eigenvalue weighted by atomic mass is 79.9. The molecule has 2 nitrogen and oxygen atoms in total. The number of rotatable bonds is 4. The maximum Gasteiger partial charge on any atom is 0.414 e. The predicted octanol–water partition coefficient (Wildman–Crippen LogP) is 3.60. The van der Waals surface area contributed by atoms with Crippen LogP contribution in [0.15, 0.2) is 28.7 Å². The number of hydrogen-bond acceptors (Lipinski definition) is 2. The molecular weight excluding hydrogens is 301 g/mol. The van der Waals surface area contributed by atoms with Gasteiger partial charge in [0.1, 0.15) is 6.61 Å². The monoisotopic (exact) mass is 310 g/mol. The lowest BCUT2D eigenvalue weighted by molar-refractivity contribution is -0.210. The molecule has 0 aliphatic carbocycles. The van der Waals surface area contributed by atoms with Crippen LogP contribution >= 0.6 is 15.9 Å². The van der Waals surface area contributed by atoms with Crippen molar-refractivity contribution >= 4 is 21.7 Å². The Hall–Kier alpha value is -0.880. The van der Waals surface area contributed by atoms with Crippen LogP contribution in [0.4, 0.5) is 13.2 Å². The number of ketones is 1. The quantitative estimate of drug-likeness (QED) is 0.794. The van der Waals surface area contributed by atoms with Gasteiger partial charge in [-0.05, 0) is 19.1 Å². The van der Waals surface area contributed by atoms with Gasteiger partial charge in [0.2, 0.25) is 0 Å². The molecule has 0 amide bonds. The normalized spacial score (nSPS) is 13.5. The maximum absolute atomic E-state index is 12.1. The van der Waals surface area contributed by atoms with E-state index in [0.717, 1.165) is 11.4 Å². The average Bonchev–Trinajstić information content (AvgIpc) is 2.25. The fraction of sp³-hybridized carbons (Fsp3) is 0.364. The van der Waals surface area contributed by atoms with Gasteiger partial charge in [-0.25, -0.2) is 0 Å². The van der Waals surface area contributed by atoms with Crippen molar-refractivity contribution in [2.45, 2.75) is 19.2 Å². The molecular formula is C11H10BrF3O2. The molecule has 1 rings (SSSR count). The van der Waals surface area contributed by atoms with Crippen LogP contribution in [0.3, 0.4) is 0 Å². The van der Waals surface area contributed by atoms with Gasteiger partial charge in [0.15, 0.2) is 11.9 Å². The van der Waals surface area contributed by atoms with Gasteiger partial charge in [0, 0.05) is 10.0 Å². The van der Waals surface area contributed by atoms with Crippen LogP contribution in [0.2, 0.25) is 0 Å². The lowest BCUT2D eigenvalue weighted by Crippen LogP contribution is -2.30. The predicted molar refractivity (Wildman–Crippen MR) is 59.9 cm³/mol. The van der Waals surface area contributed by atoms with E-state index in [-0.39, 0.29) is 0 Å². The first-order chi connectivity index (χ1) is 7.80. The van der Waals surface area contributed by atoms with E-state index in [9.17, 15) is 18.0 Å². The Morgan fingerprint density at radius 3 is 2.35 bits per heavy atom. The molecule has 0 bridgehead atoms. The van der Waals surface area contributed by atoms with Gasteiger partial charge in [-0.2, -0.15) is 13.2 Å². The molecule has 0 N–H and O–H groups in total. The van der Waals surface area contributed by atoms with Gasteiger partial charge in [0.25, 0.3) is 0 Å². The Kier molecular flexibility index (Phi) is 4.70. The molecule has 0 heterocycles. The van der Waals surface area contributed by atoms with Gasteiger partial charge in [-0.1, -0.05) is 28.1 Å². The summed E-state index contributed by atoms with van der Waals surface area (Å²) >= 11 is 3.19. The lowest BCUT2D eigenvalue weighted by atomic mass is 10.1. The molecule has 0 aliphatic heterocycles. The summed E-state index contributed by atoms with van der Waals surface area (Å²) in [5.74, 6) is -0.478. The molecule has 1 atom stereocenters. The largest absolute Gasteiger partial charge is 0.414 e. The summed E-state index contributed by atoms with van der Waals surface area (Å²) in [4.78, 5) is 11.5. The molecule has 0 saturated heterocycles. The number of carbonyl (C=O) groups excluding carboxylic acids is 1. The van der Waals surface area contributed by atoms with Crippen molar-refractivity contribution in [2.75, 3.05) is 6.61 Å². The van der Waals surface area contributed by atoms with Crippen LogP contribution in [-0.2, 0) is 4.74 Å². The Labute approximate surface area is 105 Å². The lowest BCUT2D eigenvalue weighted by Gasteiger charge is -2.15. The van der Waals surface area contributed by atoms with E-state index >= 15 is 0 Å². The highest BCUT2D eigenvalue weighted by Crippen LogP contribution is 2.22. The summed E-state index contributed by atoms with van der Waals surface area (Å²) in [7, 11) is 0. The molecule has 0 radical (unpaired) electrons. The van der Waals surface area contributed by atoms with E-state index in [1.54, 1.807) is 12.1 Å². The number of benzene rings is 1. The number of ether oxygens (including phenoxy) is 1. The fourth-order valence-corrected chi connectivity index (χ4v) is 1.28. The number of hydrogen-bond donors (Lipinski definition) is 0. The fourth-order valence-electron chi connectivity index (χ4n) is 1.01. The van der Waals surface area contributed by atoms with E-state index < -0.39 is 24.7 Å². The standard InChI is InChI=1S/C11H10BrF3O2/c1-7(11(13,14)15)17-6-10(16)8-2-4-9(12)5-3-8/h2-5,7H,6H2,1H3. The van der Waals surface area contributed by atoms with Crippen LogP contribution in [0.25, 0.3) is 0 Å². The molecule has 94 valence electrons. The summed E-state index contributed by atoms with van der Waals surface area (Å²) in [5.41, 5.74) is 0.322. The van der Waals surface area contributed by atoms with Crippen LogP contribution in [0.5, 0.6) is 0 Å². The molecule has 0 aromatic heterocycles. The molecule has 1 aromatic carbocycles. The Bertz CT molecular complexity index is 387. The molecule has 1 aromatic rings. The average molecular weight is 311 g/mol. The first-order valence-electron chi connectivity index (χ1n) is 4.78. The maximum atomic E-state index is 12.1. The minimum atomic E-state index is -4.44. The zero-order valence-electron chi connectivity index (χ0n) is 8.92. The van der Waals surface area contributed by atoms with Gasteiger partial charge in [-0.3, -0.25) is 4.79 Å². The smallest absolute Gasteiger partial charge is 0.361 e. The zero-order chi connectivity index (χ0) is 13.1. The minimum absolute atomic E-state index is 0.322. The topological polar surface area (TPSA) is 26.3 Å². The zero-order valence-corrected chi connectivity index (χ0v) is 10.5. The molecule has 0 fully saturated rings. The summed E-state index contributed by atoms with van der Waals surface area (Å²) in [5, 5.41) is 0. The van der Waals surface area contributed by atoms with Gasteiger partial charge in [-0.15, -0.1) is 0 Å². The van der Waals surface area contributed by atoms with Crippen molar-refractivity contribution in [2.24, 2.45) is 0 Å². The van der Waals surface area contributed by atoms with Crippen LogP contribution < -0.4 is 0 Å². The summed E-state index contributed by atoms with van der Waals surface area (Å²) in [6, 6.07) is 6.32. The Balaban J connectivity index is 2.53. The third kappa shape index (κ3) is 4.47. The number of Topliss-reactive ketones (excluding diaryl/α,β-unsaturated/α-hetero) is 1. The SMILES string of the molecule is CC(OCC(=O)c1ccc(Br)cc1)C(F)(F)F. The van der Waals surface area contributed by atoms with Crippen molar-refractivity contribution < 1.29 is 22.7 Å². The highest BCUT2D eigenvalue weighted by molar-refractivity contribution is 9.10. The third-order valence-corrected chi connectivity index (χ3v) is 2.62. The molecule has 0 saturated carbocycles. The second-order valence-electron chi connectivity index (χ2n) is 3.42. The number of alkyl halides is 3. The summed E-state index contributed by atoms with van der Waals surface area (Å²) in [6.07, 6.45) is -6.39. The molecule has 17 heavy (non-hydrogen) atoms. The summed E-state index contributed by atoms with van der Waals surface area (Å²) in [6.45, 7) is 0.289. The summed E-state index contributed by atoms with van der Waals surface area (Å²) < 4.78 is 41.6. The van der Waals surface area contributed by atoms with E-state index in [2.05, 4.69) is 20.7 Å². The highest BCUT2D eigenvalue weighted by Gasteiger charge is 2.37. The first-order valence-corrected chi connectivity index (χ1v) is 5.57. The second-order valence-corrected chi connectivity index (χ2v) is 4.34. The van der Waals surface area contributed by atoms with Gasteiger partial charge >= 0.3 is 6.18 Å². The van der Waals surface area contributed by atoms with Crippen molar-refractivity contribution in [1.29, 1.82) is 0 Å². The van der Waals surface area contributed by atoms with Crippen molar-refractivity contribution in [3.05, 3.63) is 34.3 Å². The van der Waals surface area contributed by atoms with Crippen LogP contribution in [0, 0.1) is 0 Å². The minimum Gasteiger partial charge on any atom is -0.361 e. The van der Waals surface area contributed by atoms with Crippen molar-refractivity contribution in [3.63, 3.8) is 0 Å². The molecule has 1 unspecified atom stereocenters. The van der Waals surface area contributed by atoms with E-state index in [0.29, 0.717) is 5.56 Å². The van der Waals surface area contributed by atoms with E-state index in [1.165, 1.54) is 12.1 Å².